The zero-order chi connectivity index (χ0) is 8.97. The zero-order valence-electron chi connectivity index (χ0n) is 7.38. The molecule has 0 fully saturated rings. The molecule has 0 bridgehead atoms. The van der Waals surface area contributed by atoms with E-state index in [4.69, 9.17) is 20.7 Å². The van der Waals surface area contributed by atoms with Gasteiger partial charge in [-0.05, 0) is 24.3 Å². The Labute approximate surface area is 87.8 Å². The Morgan fingerprint density at radius 2 is 1.79 bits per heavy atom. The van der Waals surface area contributed by atoms with Crippen molar-refractivity contribution in [1.82, 2.24) is 0 Å². The first-order valence-corrected chi connectivity index (χ1v) is 3.53. The third-order valence-electron chi connectivity index (χ3n) is 1.31. The van der Waals surface area contributed by atoms with Gasteiger partial charge < -0.3 is 26.2 Å². The minimum atomic E-state index is -1.17. The molecule has 1 rings (SSSR count). The number of hydrogen-bond donors (Lipinski definition) is 3. The Morgan fingerprint density at radius 1 is 1.29 bits per heavy atom. The normalized spacial score (nSPS) is 10.7. The third-order valence-corrected chi connectivity index (χ3v) is 1.31. The monoisotopic (exact) mass is 223 g/mol. The first-order chi connectivity index (χ1) is 5.72. The Bertz CT molecular complexity index is 242. The van der Waals surface area contributed by atoms with Gasteiger partial charge in [0.2, 0.25) is 6.29 Å². The highest BCUT2D eigenvalue weighted by Gasteiger charge is 2.01. The van der Waals surface area contributed by atoms with Gasteiger partial charge in [0.05, 0.1) is 0 Å². The molecule has 0 aliphatic rings. The molecule has 82 valence electrons. The first kappa shape index (κ1) is 15.5. The van der Waals surface area contributed by atoms with Gasteiger partial charge in [0.25, 0.3) is 0 Å². The van der Waals surface area contributed by atoms with Crippen molar-refractivity contribution in [2.75, 3.05) is 12.3 Å². The number of ether oxygens (including phenoxy) is 1. The summed E-state index contributed by atoms with van der Waals surface area (Å²) >= 11 is 0. The molecule has 6 N–H and O–H groups in total. The highest BCUT2D eigenvalue weighted by atomic mass is 35.5. The molecule has 1 aromatic rings. The molecule has 0 aliphatic carbocycles. The second kappa shape index (κ2) is 7.40. The maximum absolute atomic E-state index is 8.88. The summed E-state index contributed by atoms with van der Waals surface area (Å²) in [5, 5.41) is 17.3. The van der Waals surface area contributed by atoms with Gasteiger partial charge in [-0.3, -0.25) is 0 Å². The van der Waals surface area contributed by atoms with E-state index in [2.05, 4.69) is 0 Å². The summed E-state index contributed by atoms with van der Waals surface area (Å²) in [5.74, 6) is 0.478. The number of halogens is 1. The average molecular weight is 224 g/mol. The van der Waals surface area contributed by atoms with Crippen molar-refractivity contribution in [3.63, 3.8) is 0 Å². The lowest BCUT2D eigenvalue weighted by molar-refractivity contribution is -0.0548. The third kappa shape index (κ3) is 4.88. The zero-order valence-corrected chi connectivity index (χ0v) is 8.20. The molecule has 5 nitrogen and oxygen atoms in total. The fourth-order valence-electron chi connectivity index (χ4n) is 0.741. The van der Waals surface area contributed by atoms with Crippen molar-refractivity contribution in [2.45, 2.75) is 6.29 Å². The molecular weight excluding hydrogens is 210 g/mol. The van der Waals surface area contributed by atoms with Gasteiger partial charge in [0, 0.05) is 5.69 Å². The molecule has 0 saturated carbocycles. The summed E-state index contributed by atoms with van der Waals surface area (Å²) in [4.78, 5) is 0. The molecule has 0 radical (unpaired) electrons. The largest absolute Gasteiger partial charge is 0.463 e. The van der Waals surface area contributed by atoms with Gasteiger partial charge in [-0.1, -0.05) is 0 Å². The Hall–Kier alpha value is -1.01. The van der Waals surface area contributed by atoms with Crippen LogP contribution in [0.2, 0.25) is 0 Å². The molecule has 1 atom stereocenters. The topological polar surface area (TPSA) is 107 Å². The number of nitrogens with two attached hydrogens (primary N) is 1. The Kier molecular flexibility index (Phi) is 8.17. The molecule has 1 aromatic carbocycles. The van der Waals surface area contributed by atoms with E-state index in [0.29, 0.717) is 11.4 Å². The maximum atomic E-state index is 8.88. The van der Waals surface area contributed by atoms with E-state index in [1.165, 1.54) is 0 Å². The van der Waals surface area contributed by atoms with Crippen LogP contribution >= 0.6 is 12.4 Å². The summed E-state index contributed by atoms with van der Waals surface area (Å²) < 4.78 is 4.87. The van der Waals surface area contributed by atoms with Gasteiger partial charge in [0.15, 0.2) is 0 Å². The van der Waals surface area contributed by atoms with Crippen molar-refractivity contribution in [2.24, 2.45) is 0 Å². The number of rotatable bonds is 3. The number of aliphatic hydroxyl groups is 2. The molecule has 0 spiro atoms. The van der Waals surface area contributed by atoms with Gasteiger partial charge in [-0.2, -0.15) is 0 Å². The van der Waals surface area contributed by atoms with E-state index >= 15 is 0 Å². The van der Waals surface area contributed by atoms with Crippen LogP contribution in [0.3, 0.4) is 0 Å². The lowest BCUT2D eigenvalue weighted by Crippen LogP contribution is -2.19. The van der Waals surface area contributed by atoms with Crippen LogP contribution in [-0.4, -0.2) is 28.6 Å². The number of nitrogen functional groups attached to an aromatic ring is 1. The lowest BCUT2D eigenvalue weighted by Gasteiger charge is -2.10. The van der Waals surface area contributed by atoms with Crippen LogP contribution in [0.1, 0.15) is 0 Å². The van der Waals surface area contributed by atoms with Gasteiger partial charge in [-0.15, -0.1) is 12.4 Å². The molecular formula is C8H14ClNO4. The Balaban J connectivity index is 0. The number of aliphatic hydroxyl groups excluding tert-OH is 2. The fourth-order valence-corrected chi connectivity index (χ4v) is 0.741. The first-order valence-electron chi connectivity index (χ1n) is 3.53. The van der Waals surface area contributed by atoms with Crippen LogP contribution in [-0.2, 0) is 0 Å². The quantitative estimate of drug-likeness (QED) is 0.477. The van der Waals surface area contributed by atoms with Crippen LogP contribution in [0.5, 0.6) is 5.75 Å². The van der Waals surface area contributed by atoms with Crippen molar-refractivity contribution < 1.29 is 20.4 Å². The fraction of sp³-hybridized carbons (Fsp3) is 0.250. The van der Waals surface area contributed by atoms with Crippen LogP contribution in [0, 0.1) is 0 Å². The van der Waals surface area contributed by atoms with Crippen molar-refractivity contribution in [1.29, 1.82) is 0 Å². The molecule has 6 heteroatoms. The van der Waals surface area contributed by atoms with E-state index in [1.54, 1.807) is 24.3 Å². The molecule has 14 heavy (non-hydrogen) atoms. The SMILES string of the molecule is Cl.Nc1ccc(OC(O)CO)cc1.O. The van der Waals surface area contributed by atoms with Crippen molar-refractivity contribution >= 4 is 18.1 Å². The second-order valence-corrected chi connectivity index (χ2v) is 2.32. The summed E-state index contributed by atoms with van der Waals surface area (Å²) in [6.45, 7) is -0.426. The summed E-state index contributed by atoms with van der Waals surface area (Å²) in [5.41, 5.74) is 6.05. The predicted molar refractivity (Wildman–Crippen MR) is 55.4 cm³/mol. The van der Waals surface area contributed by atoms with Crippen LogP contribution < -0.4 is 10.5 Å². The summed E-state index contributed by atoms with van der Waals surface area (Å²) in [6.07, 6.45) is -1.17. The van der Waals surface area contributed by atoms with Gasteiger partial charge in [-0.25, -0.2) is 0 Å². The van der Waals surface area contributed by atoms with Gasteiger partial charge in [0.1, 0.15) is 12.4 Å². The second-order valence-electron chi connectivity index (χ2n) is 2.32. The standard InChI is InChI=1S/C8H11NO3.ClH.H2O/c9-6-1-3-7(4-2-6)12-8(11)5-10;;/h1-4,8,10-11H,5,9H2;1H;1H2. The molecule has 0 saturated heterocycles. The maximum Gasteiger partial charge on any atom is 0.220 e. The molecule has 1 unspecified atom stereocenters. The minimum absolute atomic E-state index is 0. The predicted octanol–water partition coefficient (Wildman–Crippen LogP) is -0.445. The number of benzene rings is 1. The van der Waals surface area contributed by atoms with Crippen LogP contribution in [0.15, 0.2) is 24.3 Å². The lowest BCUT2D eigenvalue weighted by atomic mass is 10.3. The highest BCUT2D eigenvalue weighted by molar-refractivity contribution is 5.85. The van der Waals surface area contributed by atoms with E-state index in [-0.39, 0.29) is 17.9 Å². The smallest absolute Gasteiger partial charge is 0.220 e. The molecule has 0 aliphatic heterocycles. The number of anilines is 1. The summed E-state index contributed by atoms with van der Waals surface area (Å²) in [6, 6.07) is 6.54. The minimum Gasteiger partial charge on any atom is -0.463 e. The molecule has 0 aromatic heterocycles. The van der Waals surface area contributed by atoms with Crippen molar-refractivity contribution in [3.05, 3.63) is 24.3 Å². The number of hydrogen-bond acceptors (Lipinski definition) is 4. The Morgan fingerprint density at radius 3 is 2.21 bits per heavy atom. The summed E-state index contributed by atoms with van der Waals surface area (Å²) in [7, 11) is 0. The van der Waals surface area contributed by atoms with Gasteiger partial charge >= 0.3 is 0 Å². The molecule has 0 heterocycles. The highest BCUT2D eigenvalue weighted by Crippen LogP contribution is 2.13. The van der Waals surface area contributed by atoms with E-state index in [1.807, 2.05) is 0 Å². The molecule has 0 amide bonds. The van der Waals surface area contributed by atoms with E-state index < -0.39 is 12.9 Å². The van der Waals surface area contributed by atoms with Crippen molar-refractivity contribution in [3.8, 4) is 5.75 Å². The van der Waals surface area contributed by atoms with E-state index in [9.17, 15) is 0 Å². The average Bonchev–Trinajstić information content (AvgIpc) is 2.09. The van der Waals surface area contributed by atoms with Crippen LogP contribution in [0.25, 0.3) is 0 Å². The van der Waals surface area contributed by atoms with E-state index in [0.717, 1.165) is 0 Å². The van der Waals surface area contributed by atoms with Crippen LogP contribution in [0.4, 0.5) is 5.69 Å².